The van der Waals surface area contributed by atoms with Gasteiger partial charge in [-0.05, 0) is 0 Å². The second-order valence-corrected chi connectivity index (χ2v) is 4.09. The van der Waals surface area contributed by atoms with Gasteiger partial charge in [0.25, 0.3) is 0 Å². The fourth-order valence-electron chi connectivity index (χ4n) is 1.42. The number of hydrogen-bond acceptors (Lipinski definition) is 0. The zero-order chi connectivity index (χ0) is 5.82. The van der Waals surface area contributed by atoms with Crippen LogP contribution in [-0.4, -0.2) is 22.5 Å². The molecule has 0 aromatic rings. The summed E-state index contributed by atoms with van der Waals surface area (Å²) in [6.45, 7) is 0. The molecule has 1 saturated carbocycles. The number of rotatable bonds is 1. The monoisotopic (exact) mass is 218 g/mol. The standard InChI is InChI=1S/C7H13.Sn.H/c1-7-5-3-2-4-6-7;;/h7H,1-6H2;;. The molecular formula is C7H14Sn. The molecule has 0 amide bonds. The first-order chi connectivity index (χ1) is 3.93. The third-order valence-corrected chi connectivity index (χ3v) is 3.96. The van der Waals surface area contributed by atoms with Gasteiger partial charge in [-0.15, -0.1) is 0 Å². The quantitative estimate of drug-likeness (QED) is 0.588. The van der Waals surface area contributed by atoms with Crippen LogP contribution in [-0.2, 0) is 0 Å². The second-order valence-electron chi connectivity index (χ2n) is 2.74. The summed E-state index contributed by atoms with van der Waals surface area (Å²) in [7, 11) is 0. The topological polar surface area (TPSA) is 0 Å². The Morgan fingerprint density at radius 3 is 2.12 bits per heavy atom. The Morgan fingerprint density at radius 1 is 1.12 bits per heavy atom. The van der Waals surface area contributed by atoms with Crippen LogP contribution < -0.4 is 0 Å². The van der Waals surface area contributed by atoms with Crippen LogP contribution in [0.5, 0.6) is 0 Å². The van der Waals surface area contributed by atoms with Crippen molar-refractivity contribution in [2.45, 2.75) is 36.5 Å². The molecule has 0 spiro atoms. The average Bonchev–Trinajstić information content (AvgIpc) is 1.90. The van der Waals surface area contributed by atoms with E-state index in [-0.39, 0.29) is 0 Å². The normalized spacial score (nSPS) is 23.6. The predicted molar refractivity (Wildman–Crippen MR) is 38.5 cm³/mol. The van der Waals surface area contributed by atoms with Crippen LogP contribution in [0.25, 0.3) is 0 Å². The molecule has 1 aliphatic rings. The summed E-state index contributed by atoms with van der Waals surface area (Å²) in [6, 6.07) is 0. The van der Waals surface area contributed by atoms with E-state index in [9.17, 15) is 0 Å². The van der Waals surface area contributed by atoms with Crippen molar-refractivity contribution in [3.8, 4) is 0 Å². The summed E-state index contributed by atoms with van der Waals surface area (Å²) < 4.78 is 1.55. The second kappa shape index (κ2) is 3.75. The maximum atomic E-state index is 1.55. The van der Waals surface area contributed by atoms with Gasteiger partial charge in [-0.1, -0.05) is 0 Å². The zero-order valence-electron chi connectivity index (χ0n) is 5.40. The fraction of sp³-hybridized carbons (Fsp3) is 1.00. The van der Waals surface area contributed by atoms with Gasteiger partial charge in [-0.2, -0.15) is 0 Å². The van der Waals surface area contributed by atoms with Crippen molar-refractivity contribution < 1.29 is 0 Å². The maximum absolute atomic E-state index is 1.55. The van der Waals surface area contributed by atoms with Gasteiger partial charge in [-0.25, -0.2) is 0 Å². The van der Waals surface area contributed by atoms with Gasteiger partial charge in [0.1, 0.15) is 0 Å². The van der Waals surface area contributed by atoms with E-state index in [1.807, 2.05) is 0 Å². The molecule has 2 radical (unpaired) electrons. The molecule has 0 aromatic carbocycles. The van der Waals surface area contributed by atoms with E-state index in [2.05, 4.69) is 0 Å². The molecule has 0 heterocycles. The van der Waals surface area contributed by atoms with Crippen molar-refractivity contribution >= 4 is 22.5 Å². The van der Waals surface area contributed by atoms with Crippen molar-refractivity contribution in [3.63, 3.8) is 0 Å². The zero-order valence-corrected chi connectivity index (χ0v) is 8.69. The molecule has 0 saturated heterocycles. The molecule has 1 fully saturated rings. The summed E-state index contributed by atoms with van der Waals surface area (Å²) >= 11 is 1.49. The first-order valence-electron chi connectivity index (χ1n) is 3.63. The van der Waals surface area contributed by atoms with Crippen LogP contribution in [0.4, 0.5) is 0 Å². The molecule has 46 valence electrons. The van der Waals surface area contributed by atoms with Gasteiger partial charge in [0.05, 0.1) is 0 Å². The van der Waals surface area contributed by atoms with Gasteiger partial charge in [-0.3, -0.25) is 0 Å². The van der Waals surface area contributed by atoms with Crippen molar-refractivity contribution in [3.05, 3.63) is 0 Å². The molecule has 1 rings (SSSR count). The Morgan fingerprint density at radius 2 is 1.75 bits per heavy atom. The van der Waals surface area contributed by atoms with E-state index >= 15 is 0 Å². The van der Waals surface area contributed by atoms with Gasteiger partial charge < -0.3 is 0 Å². The van der Waals surface area contributed by atoms with Crippen LogP contribution in [0.15, 0.2) is 0 Å². The summed E-state index contributed by atoms with van der Waals surface area (Å²) in [5.74, 6) is 1.14. The molecule has 0 nitrogen and oxygen atoms in total. The minimum atomic E-state index is 1.14. The Bertz CT molecular complexity index is 55.4. The Kier molecular flexibility index (Phi) is 3.24. The molecule has 8 heavy (non-hydrogen) atoms. The molecule has 0 unspecified atom stereocenters. The number of hydrogen-bond donors (Lipinski definition) is 0. The Balaban J connectivity index is 2.13. The molecule has 1 aliphatic carbocycles. The van der Waals surface area contributed by atoms with E-state index < -0.39 is 0 Å². The summed E-state index contributed by atoms with van der Waals surface area (Å²) in [5.41, 5.74) is 0. The van der Waals surface area contributed by atoms with Crippen LogP contribution >= 0.6 is 0 Å². The molecule has 0 aromatic heterocycles. The molecule has 0 bridgehead atoms. The average molecular weight is 217 g/mol. The van der Waals surface area contributed by atoms with E-state index in [1.54, 1.807) is 17.3 Å². The molecular weight excluding hydrogens is 203 g/mol. The first kappa shape index (κ1) is 6.91. The van der Waals surface area contributed by atoms with Crippen LogP contribution in [0, 0.1) is 5.92 Å². The molecule has 0 atom stereocenters. The first-order valence-corrected chi connectivity index (χ1v) is 5.96. The van der Waals surface area contributed by atoms with Crippen molar-refractivity contribution in [2.24, 2.45) is 5.92 Å². The van der Waals surface area contributed by atoms with Crippen LogP contribution in [0.2, 0.25) is 4.44 Å². The fourth-order valence-corrected chi connectivity index (χ4v) is 2.77. The van der Waals surface area contributed by atoms with E-state index in [1.165, 1.54) is 41.8 Å². The summed E-state index contributed by atoms with van der Waals surface area (Å²) in [4.78, 5) is 0. The Hall–Kier alpha value is 0.799. The van der Waals surface area contributed by atoms with E-state index in [0.717, 1.165) is 5.92 Å². The third-order valence-electron chi connectivity index (χ3n) is 2.06. The van der Waals surface area contributed by atoms with Crippen molar-refractivity contribution in [1.29, 1.82) is 0 Å². The van der Waals surface area contributed by atoms with Crippen molar-refractivity contribution in [2.75, 3.05) is 0 Å². The summed E-state index contributed by atoms with van der Waals surface area (Å²) in [6.07, 6.45) is 7.64. The van der Waals surface area contributed by atoms with Gasteiger partial charge >= 0.3 is 65.0 Å². The van der Waals surface area contributed by atoms with Gasteiger partial charge in [0.15, 0.2) is 0 Å². The SMILES string of the molecule is [SnH][CH2]C1CCCCC1. The van der Waals surface area contributed by atoms with Crippen LogP contribution in [0.3, 0.4) is 0 Å². The van der Waals surface area contributed by atoms with Crippen LogP contribution in [0.1, 0.15) is 32.1 Å². The van der Waals surface area contributed by atoms with Gasteiger partial charge in [0.2, 0.25) is 0 Å². The van der Waals surface area contributed by atoms with E-state index in [4.69, 9.17) is 0 Å². The third kappa shape index (κ3) is 1.96. The predicted octanol–water partition coefficient (Wildman–Crippen LogP) is 1.89. The molecule has 1 heteroatoms. The van der Waals surface area contributed by atoms with Gasteiger partial charge in [0, 0.05) is 0 Å². The summed E-state index contributed by atoms with van der Waals surface area (Å²) in [5, 5.41) is 0. The van der Waals surface area contributed by atoms with Crippen molar-refractivity contribution in [1.82, 2.24) is 0 Å². The van der Waals surface area contributed by atoms with E-state index in [0.29, 0.717) is 0 Å². The molecule has 0 aliphatic heterocycles. The Labute approximate surface area is 65.1 Å². The molecule has 0 N–H and O–H groups in total. The minimum absolute atomic E-state index is 1.14.